The smallest absolute Gasteiger partial charge is 0.0622 e. The van der Waals surface area contributed by atoms with Crippen LogP contribution in [-0.2, 0) is 4.74 Å². The first kappa shape index (κ1) is 14.0. The van der Waals surface area contributed by atoms with E-state index in [0.717, 1.165) is 19.1 Å². The Morgan fingerprint density at radius 3 is 2.56 bits per heavy atom. The van der Waals surface area contributed by atoms with Gasteiger partial charge in [-0.05, 0) is 32.2 Å². The summed E-state index contributed by atoms with van der Waals surface area (Å²) in [5.74, 6) is 0.862. The molecule has 1 fully saturated rings. The van der Waals surface area contributed by atoms with Gasteiger partial charge >= 0.3 is 0 Å². The molecule has 1 N–H and O–H groups in total. The molecule has 0 aromatic carbocycles. The maximum atomic E-state index is 5.78. The SMILES string of the molecule is CCCCCCOCC(NC)C1CCCC1. The quantitative estimate of drug-likeness (QED) is 0.610. The molecule has 0 aromatic rings. The Bertz CT molecular complexity index is 155. The number of hydrogen-bond donors (Lipinski definition) is 1. The fraction of sp³-hybridized carbons (Fsp3) is 1.00. The first-order valence-electron chi connectivity index (χ1n) is 7.13. The van der Waals surface area contributed by atoms with Crippen LogP contribution in [-0.4, -0.2) is 26.3 Å². The molecule has 96 valence electrons. The van der Waals surface area contributed by atoms with Crippen LogP contribution in [0.1, 0.15) is 58.3 Å². The summed E-state index contributed by atoms with van der Waals surface area (Å²) >= 11 is 0. The highest BCUT2D eigenvalue weighted by molar-refractivity contribution is 4.79. The van der Waals surface area contributed by atoms with E-state index in [9.17, 15) is 0 Å². The van der Waals surface area contributed by atoms with Crippen molar-refractivity contribution in [2.75, 3.05) is 20.3 Å². The summed E-state index contributed by atoms with van der Waals surface area (Å²) in [6.45, 7) is 4.11. The van der Waals surface area contributed by atoms with E-state index >= 15 is 0 Å². The van der Waals surface area contributed by atoms with E-state index in [0.29, 0.717) is 6.04 Å². The average Bonchev–Trinajstić information content (AvgIpc) is 2.82. The minimum absolute atomic E-state index is 0.591. The van der Waals surface area contributed by atoms with Gasteiger partial charge in [-0.1, -0.05) is 39.0 Å². The minimum atomic E-state index is 0.591. The Morgan fingerprint density at radius 1 is 1.19 bits per heavy atom. The molecule has 0 aliphatic heterocycles. The lowest BCUT2D eigenvalue weighted by Crippen LogP contribution is -2.36. The Hall–Kier alpha value is -0.0800. The van der Waals surface area contributed by atoms with Crippen LogP contribution in [0.4, 0.5) is 0 Å². The van der Waals surface area contributed by atoms with Crippen LogP contribution in [0.5, 0.6) is 0 Å². The number of likely N-dealkylation sites (N-methyl/N-ethyl adjacent to an activating group) is 1. The molecule has 1 atom stereocenters. The lowest BCUT2D eigenvalue weighted by molar-refractivity contribution is 0.0931. The third-order valence-electron chi connectivity index (χ3n) is 3.78. The van der Waals surface area contributed by atoms with Gasteiger partial charge in [0.15, 0.2) is 0 Å². The van der Waals surface area contributed by atoms with Crippen molar-refractivity contribution in [2.45, 2.75) is 64.3 Å². The first-order chi connectivity index (χ1) is 7.88. The van der Waals surface area contributed by atoms with Gasteiger partial charge in [-0.2, -0.15) is 0 Å². The van der Waals surface area contributed by atoms with Crippen molar-refractivity contribution in [3.8, 4) is 0 Å². The van der Waals surface area contributed by atoms with Gasteiger partial charge in [-0.25, -0.2) is 0 Å². The van der Waals surface area contributed by atoms with Crippen molar-refractivity contribution in [3.05, 3.63) is 0 Å². The lowest BCUT2D eigenvalue weighted by atomic mass is 9.99. The zero-order valence-electron chi connectivity index (χ0n) is 11.1. The van der Waals surface area contributed by atoms with Gasteiger partial charge in [0.1, 0.15) is 0 Å². The van der Waals surface area contributed by atoms with Crippen LogP contribution < -0.4 is 5.32 Å². The van der Waals surface area contributed by atoms with E-state index in [2.05, 4.69) is 19.3 Å². The average molecular weight is 227 g/mol. The van der Waals surface area contributed by atoms with Gasteiger partial charge in [0, 0.05) is 12.6 Å². The summed E-state index contributed by atoms with van der Waals surface area (Å²) in [6, 6.07) is 0.591. The molecular formula is C14H29NO. The molecule has 0 amide bonds. The standard InChI is InChI=1S/C14H29NO/c1-3-4-5-8-11-16-12-14(15-2)13-9-6-7-10-13/h13-15H,3-12H2,1-2H3. The van der Waals surface area contributed by atoms with E-state index in [-0.39, 0.29) is 0 Å². The normalized spacial score (nSPS) is 19.1. The van der Waals surface area contributed by atoms with E-state index in [4.69, 9.17) is 4.74 Å². The number of rotatable bonds is 9. The summed E-state index contributed by atoms with van der Waals surface area (Å²) in [7, 11) is 2.07. The molecular weight excluding hydrogens is 198 g/mol. The highest BCUT2D eigenvalue weighted by atomic mass is 16.5. The third kappa shape index (κ3) is 5.31. The van der Waals surface area contributed by atoms with Crippen LogP contribution in [0.25, 0.3) is 0 Å². The third-order valence-corrected chi connectivity index (χ3v) is 3.78. The van der Waals surface area contributed by atoms with Crippen molar-refractivity contribution in [1.82, 2.24) is 5.32 Å². The largest absolute Gasteiger partial charge is 0.380 e. The number of nitrogens with one attached hydrogen (secondary N) is 1. The van der Waals surface area contributed by atoms with Crippen LogP contribution in [0, 0.1) is 5.92 Å². The zero-order chi connectivity index (χ0) is 11.6. The van der Waals surface area contributed by atoms with Crippen LogP contribution >= 0.6 is 0 Å². The van der Waals surface area contributed by atoms with Crippen molar-refractivity contribution in [1.29, 1.82) is 0 Å². The van der Waals surface area contributed by atoms with Gasteiger partial charge in [0.05, 0.1) is 6.61 Å². The zero-order valence-corrected chi connectivity index (χ0v) is 11.1. The summed E-state index contributed by atoms with van der Waals surface area (Å²) in [5, 5.41) is 3.42. The summed E-state index contributed by atoms with van der Waals surface area (Å²) in [6.07, 6.45) is 10.8. The maximum absolute atomic E-state index is 5.78. The minimum Gasteiger partial charge on any atom is -0.380 e. The maximum Gasteiger partial charge on any atom is 0.0622 e. The topological polar surface area (TPSA) is 21.3 Å². The second-order valence-electron chi connectivity index (χ2n) is 5.08. The number of ether oxygens (including phenoxy) is 1. The molecule has 1 saturated carbocycles. The van der Waals surface area contributed by atoms with E-state index < -0.39 is 0 Å². The van der Waals surface area contributed by atoms with Crippen molar-refractivity contribution < 1.29 is 4.74 Å². The van der Waals surface area contributed by atoms with Gasteiger partial charge in [0.25, 0.3) is 0 Å². The monoisotopic (exact) mass is 227 g/mol. The number of hydrogen-bond acceptors (Lipinski definition) is 2. The Balaban J connectivity index is 2.00. The molecule has 0 spiro atoms. The second kappa shape index (κ2) is 9.00. The predicted octanol–water partition coefficient (Wildman–Crippen LogP) is 3.36. The Kier molecular flexibility index (Phi) is 7.87. The molecule has 0 heterocycles. The Morgan fingerprint density at radius 2 is 1.94 bits per heavy atom. The molecule has 1 rings (SSSR count). The fourth-order valence-electron chi connectivity index (χ4n) is 2.66. The summed E-state index contributed by atoms with van der Waals surface area (Å²) < 4.78 is 5.78. The van der Waals surface area contributed by atoms with Gasteiger partial charge in [-0.15, -0.1) is 0 Å². The molecule has 16 heavy (non-hydrogen) atoms. The van der Waals surface area contributed by atoms with Crippen molar-refractivity contribution >= 4 is 0 Å². The molecule has 0 bridgehead atoms. The van der Waals surface area contributed by atoms with E-state index in [1.807, 2.05) is 0 Å². The van der Waals surface area contributed by atoms with E-state index in [1.54, 1.807) is 0 Å². The van der Waals surface area contributed by atoms with Gasteiger partial charge in [0.2, 0.25) is 0 Å². The molecule has 0 radical (unpaired) electrons. The van der Waals surface area contributed by atoms with Crippen LogP contribution in [0.2, 0.25) is 0 Å². The van der Waals surface area contributed by atoms with Crippen LogP contribution in [0.15, 0.2) is 0 Å². The fourth-order valence-corrected chi connectivity index (χ4v) is 2.66. The predicted molar refractivity (Wildman–Crippen MR) is 69.8 cm³/mol. The molecule has 1 unspecified atom stereocenters. The highest BCUT2D eigenvalue weighted by Gasteiger charge is 2.23. The highest BCUT2D eigenvalue weighted by Crippen LogP contribution is 2.27. The molecule has 0 saturated heterocycles. The molecule has 2 heteroatoms. The van der Waals surface area contributed by atoms with Gasteiger partial charge in [-0.3, -0.25) is 0 Å². The van der Waals surface area contributed by atoms with Gasteiger partial charge < -0.3 is 10.1 Å². The molecule has 1 aliphatic carbocycles. The Labute approximate surface area is 101 Å². The molecule has 0 aromatic heterocycles. The van der Waals surface area contributed by atoms with E-state index in [1.165, 1.54) is 51.4 Å². The van der Waals surface area contributed by atoms with Crippen molar-refractivity contribution in [3.63, 3.8) is 0 Å². The number of unbranched alkanes of at least 4 members (excludes halogenated alkanes) is 3. The molecule has 1 aliphatic rings. The second-order valence-corrected chi connectivity index (χ2v) is 5.08. The lowest BCUT2D eigenvalue weighted by Gasteiger charge is -2.22. The van der Waals surface area contributed by atoms with Crippen LogP contribution in [0.3, 0.4) is 0 Å². The van der Waals surface area contributed by atoms with Crippen molar-refractivity contribution in [2.24, 2.45) is 5.92 Å². The first-order valence-corrected chi connectivity index (χ1v) is 7.13. The molecule has 2 nitrogen and oxygen atoms in total. The summed E-state index contributed by atoms with van der Waals surface area (Å²) in [5.41, 5.74) is 0. The summed E-state index contributed by atoms with van der Waals surface area (Å²) in [4.78, 5) is 0.